The molecule has 1 atom stereocenters. The van der Waals surface area contributed by atoms with Crippen LogP contribution in [0.4, 0.5) is 5.82 Å². The average Bonchev–Trinajstić information content (AvgIpc) is 2.68. The number of hydrogen-bond acceptors (Lipinski definition) is 6. The lowest BCUT2D eigenvalue weighted by Crippen LogP contribution is -2.43. The maximum Gasteiger partial charge on any atom is 0.336 e. The minimum atomic E-state index is -0.663. The molecule has 1 aliphatic rings. The van der Waals surface area contributed by atoms with Gasteiger partial charge in [0.1, 0.15) is 5.82 Å². The zero-order chi connectivity index (χ0) is 20.6. The van der Waals surface area contributed by atoms with Crippen LogP contribution in [0.3, 0.4) is 0 Å². The molecule has 148 valence electrons. The normalized spacial score (nSPS) is 16.0. The van der Waals surface area contributed by atoms with Gasteiger partial charge in [-0.05, 0) is 30.5 Å². The molecular formula is C20H24N4O4. The molecule has 0 saturated carbocycles. The molecule has 1 N–H and O–H groups in total. The highest BCUT2D eigenvalue weighted by molar-refractivity contribution is 5.94. The first kappa shape index (κ1) is 19.6. The second-order valence-corrected chi connectivity index (χ2v) is 7.34. The predicted molar refractivity (Wildman–Crippen MR) is 105 cm³/mol. The minimum Gasteiger partial charge on any atom is -0.462 e. The van der Waals surface area contributed by atoms with E-state index in [1.54, 1.807) is 38.5 Å². The Bertz CT molecular complexity index is 1060. The number of rotatable bonds is 4. The Labute approximate surface area is 162 Å². The van der Waals surface area contributed by atoms with Crippen LogP contribution >= 0.6 is 0 Å². The van der Waals surface area contributed by atoms with Crippen molar-refractivity contribution in [2.45, 2.75) is 26.7 Å². The van der Waals surface area contributed by atoms with Crippen LogP contribution in [0.1, 0.15) is 37.8 Å². The zero-order valence-corrected chi connectivity index (χ0v) is 16.6. The van der Waals surface area contributed by atoms with E-state index in [1.807, 2.05) is 13.8 Å². The van der Waals surface area contributed by atoms with Crippen molar-refractivity contribution in [1.29, 1.82) is 0 Å². The van der Waals surface area contributed by atoms with Crippen molar-refractivity contribution in [3.63, 3.8) is 0 Å². The van der Waals surface area contributed by atoms with E-state index in [9.17, 15) is 14.4 Å². The van der Waals surface area contributed by atoms with Gasteiger partial charge in [-0.15, -0.1) is 0 Å². The van der Waals surface area contributed by atoms with Gasteiger partial charge in [0.15, 0.2) is 0 Å². The topological polar surface area (TPSA) is 95.2 Å². The molecule has 2 aromatic heterocycles. The number of carbonyl (C=O) groups excluding carboxylic acids is 1. The van der Waals surface area contributed by atoms with Crippen molar-refractivity contribution in [2.24, 2.45) is 20.0 Å². The third kappa shape index (κ3) is 3.26. The fourth-order valence-electron chi connectivity index (χ4n) is 3.37. The molecule has 0 saturated heterocycles. The molecule has 0 unspecified atom stereocenters. The molecule has 8 heteroatoms. The highest BCUT2D eigenvalue weighted by Gasteiger charge is 2.37. The van der Waals surface area contributed by atoms with Crippen LogP contribution in [-0.2, 0) is 23.6 Å². The molecule has 1 aliphatic heterocycles. The van der Waals surface area contributed by atoms with Crippen LogP contribution in [0.15, 0.2) is 45.4 Å². The maximum absolute atomic E-state index is 13.0. The van der Waals surface area contributed by atoms with Crippen molar-refractivity contribution < 1.29 is 9.53 Å². The van der Waals surface area contributed by atoms with E-state index in [2.05, 4.69) is 10.3 Å². The van der Waals surface area contributed by atoms with Crippen LogP contribution in [0.2, 0.25) is 0 Å². The number of pyridine rings is 1. The van der Waals surface area contributed by atoms with E-state index in [1.165, 1.54) is 11.6 Å². The predicted octanol–water partition coefficient (Wildman–Crippen LogP) is 1.51. The molecule has 0 spiro atoms. The summed E-state index contributed by atoms with van der Waals surface area (Å²) in [5, 5.41) is 3.07. The van der Waals surface area contributed by atoms with Gasteiger partial charge in [0.2, 0.25) is 0 Å². The molecule has 8 nitrogen and oxygen atoms in total. The first-order valence-corrected chi connectivity index (χ1v) is 9.08. The molecule has 0 bridgehead atoms. The third-order valence-corrected chi connectivity index (χ3v) is 4.79. The van der Waals surface area contributed by atoms with Crippen LogP contribution in [0.25, 0.3) is 0 Å². The van der Waals surface area contributed by atoms with E-state index in [0.717, 1.165) is 10.1 Å². The standard InChI is InChI=1S/C20H24N4O4/c1-11(2)10-28-19(26)14-12(3)22-17-16(15(14)13-6-8-21-9-7-13)18(25)24(5)20(27)23(17)4/h6-9,11,15,22H,10H2,1-5H3/t15-/m1/s1. The van der Waals surface area contributed by atoms with Crippen LogP contribution in [-0.4, -0.2) is 26.7 Å². The fourth-order valence-corrected chi connectivity index (χ4v) is 3.37. The molecule has 0 aliphatic carbocycles. The summed E-state index contributed by atoms with van der Waals surface area (Å²) >= 11 is 0. The van der Waals surface area contributed by atoms with E-state index in [0.29, 0.717) is 22.7 Å². The average molecular weight is 384 g/mol. The summed E-state index contributed by atoms with van der Waals surface area (Å²) in [6.07, 6.45) is 3.21. The van der Waals surface area contributed by atoms with Crippen LogP contribution < -0.4 is 16.6 Å². The van der Waals surface area contributed by atoms with Gasteiger partial charge < -0.3 is 10.1 Å². The summed E-state index contributed by atoms with van der Waals surface area (Å²) in [6, 6.07) is 3.51. The molecular weight excluding hydrogens is 360 g/mol. The lowest BCUT2D eigenvalue weighted by molar-refractivity contribution is -0.140. The quantitative estimate of drug-likeness (QED) is 0.803. The summed E-state index contributed by atoms with van der Waals surface area (Å²) in [5.74, 6) is -0.582. The highest BCUT2D eigenvalue weighted by Crippen LogP contribution is 2.39. The van der Waals surface area contributed by atoms with Gasteiger partial charge in [0.05, 0.1) is 23.7 Å². The number of aromatic nitrogens is 3. The van der Waals surface area contributed by atoms with Gasteiger partial charge in [-0.2, -0.15) is 0 Å². The van der Waals surface area contributed by atoms with Gasteiger partial charge >= 0.3 is 11.7 Å². The van der Waals surface area contributed by atoms with E-state index in [4.69, 9.17) is 4.74 Å². The number of nitrogens with one attached hydrogen (secondary N) is 1. The summed E-state index contributed by atoms with van der Waals surface area (Å²) in [6.45, 7) is 5.92. The number of allylic oxidation sites excluding steroid dienone is 1. The van der Waals surface area contributed by atoms with Gasteiger partial charge in [0.25, 0.3) is 5.56 Å². The second kappa shape index (κ2) is 7.46. The molecule has 0 radical (unpaired) electrons. The summed E-state index contributed by atoms with van der Waals surface area (Å²) < 4.78 is 7.90. The largest absolute Gasteiger partial charge is 0.462 e. The third-order valence-electron chi connectivity index (χ3n) is 4.79. The summed E-state index contributed by atoms with van der Waals surface area (Å²) in [4.78, 5) is 42.4. The fraction of sp³-hybridized carbons (Fsp3) is 0.400. The molecule has 0 aromatic carbocycles. The Morgan fingerprint density at radius 2 is 1.86 bits per heavy atom. The van der Waals surface area contributed by atoms with Crippen molar-refractivity contribution in [2.75, 3.05) is 11.9 Å². The number of ether oxygens (including phenoxy) is 1. The van der Waals surface area contributed by atoms with Crippen molar-refractivity contribution in [3.05, 3.63) is 67.8 Å². The molecule has 0 fully saturated rings. The number of nitrogens with zero attached hydrogens (tertiary/aromatic N) is 3. The first-order valence-electron chi connectivity index (χ1n) is 9.08. The SMILES string of the molecule is CC1=C(C(=O)OCC(C)C)[C@@H](c2ccncc2)c2c(n(C)c(=O)n(C)c2=O)N1. The van der Waals surface area contributed by atoms with Crippen molar-refractivity contribution in [3.8, 4) is 0 Å². The number of anilines is 1. The van der Waals surface area contributed by atoms with Crippen molar-refractivity contribution >= 4 is 11.8 Å². The number of fused-ring (bicyclic) bond motifs is 1. The smallest absolute Gasteiger partial charge is 0.336 e. The number of esters is 1. The van der Waals surface area contributed by atoms with Crippen LogP contribution in [0, 0.1) is 5.92 Å². The monoisotopic (exact) mass is 384 g/mol. The number of hydrogen-bond donors (Lipinski definition) is 1. The van der Waals surface area contributed by atoms with Gasteiger partial charge in [-0.3, -0.25) is 18.9 Å². The lowest BCUT2D eigenvalue weighted by atomic mass is 9.82. The van der Waals surface area contributed by atoms with E-state index in [-0.39, 0.29) is 12.5 Å². The Hall–Kier alpha value is -3.16. The molecule has 3 rings (SSSR count). The number of carbonyl (C=O) groups is 1. The molecule has 2 aromatic rings. The van der Waals surface area contributed by atoms with E-state index >= 15 is 0 Å². The van der Waals surface area contributed by atoms with E-state index < -0.39 is 23.1 Å². The Morgan fingerprint density at radius 3 is 2.46 bits per heavy atom. The Kier molecular flexibility index (Phi) is 5.22. The minimum absolute atomic E-state index is 0.182. The molecule has 28 heavy (non-hydrogen) atoms. The Morgan fingerprint density at radius 1 is 1.21 bits per heavy atom. The Balaban J connectivity index is 2.27. The first-order chi connectivity index (χ1) is 13.2. The summed E-state index contributed by atoms with van der Waals surface area (Å²) in [5.41, 5.74) is 1.07. The van der Waals surface area contributed by atoms with Crippen LogP contribution in [0.5, 0.6) is 0 Å². The van der Waals surface area contributed by atoms with Crippen molar-refractivity contribution in [1.82, 2.24) is 14.1 Å². The maximum atomic E-state index is 13.0. The summed E-state index contributed by atoms with van der Waals surface area (Å²) in [7, 11) is 3.02. The molecule has 0 amide bonds. The van der Waals surface area contributed by atoms with Gasteiger partial charge in [-0.1, -0.05) is 13.8 Å². The molecule has 3 heterocycles. The second-order valence-electron chi connectivity index (χ2n) is 7.34. The lowest BCUT2D eigenvalue weighted by Gasteiger charge is -2.30. The van der Waals surface area contributed by atoms with Gasteiger partial charge in [-0.25, -0.2) is 9.59 Å². The van der Waals surface area contributed by atoms with Gasteiger partial charge in [0, 0.05) is 32.2 Å². The highest BCUT2D eigenvalue weighted by atomic mass is 16.5. The zero-order valence-electron chi connectivity index (χ0n) is 16.6.